The fourth-order valence-electron chi connectivity index (χ4n) is 4.47. The maximum atomic E-state index is 13.0. The quantitative estimate of drug-likeness (QED) is 0.700. The summed E-state index contributed by atoms with van der Waals surface area (Å²) in [5.74, 6) is 0.470. The van der Waals surface area contributed by atoms with Gasteiger partial charge in [-0.3, -0.25) is 24.5 Å². The molecule has 31 heavy (non-hydrogen) atoms. The molecule has 1 saturated heterocycles. The topological polar surface area (TPSA) is 95.1 Å². The molecule has 1 unspecified atom stereocenters. The van der Waals surface area contributed by atoms with Gasteiger partial charge in [-0.1, -0.05) is 12.1 Å². The molecule has 8 heteroatoms. The van der Waals surface area contributed by atoms with Gasteiger partial charge in [0.15, 0.2) is 0 Å². The van der Waals surface area contributed by atoms with Crippen molar-refractivity contribution in [3.63, 3.8) is 0 Å². The summed E-state index contributed by atoms with van der Waals surface area (Å²) in [7, 11) is 0. The van der Waals surface area contributed by atoms with Crippen LogP contribution in [0.25, 0.3) is 0 Å². The van der Waals surface area contributed by atoms with Gasteiger partial charge in [0.2, 0.25) is 0 Å². The van der Waals surface area contributed by atoms with Crippen LogP contribution in [-0.2, 0) is 19.5 Å². The standard InChI is InChI=1S/C23H24N6O2/c30-22-17-15-28(14-16-5-3-9-24-13-16)12-8-18(17)26-21(27-22)20-7-4-11-29(20)23(31)19-6-1-2-10-25-19/h1-3,5-6,9-10,13,20H,4,7-8,11-12,14-15H2,(H,26,27,30). The summed E-state index contributed by atoms with van der Waals surface area (Å²) in [6.45, 7) is 2.79. The fourth-order valence-corrected chi connectivity index (χ4v) is 4.47. The van der Waals surface area contributed by atoms with Crippen LogP contribution in [0.4, 0.5) is 0 Å². The molecule has 0 spiro atoms. The Bertz CT molecular complexity index is 1130. The molecule has 1 fully saturated rings. The molecular formula is C23H24N6O2. The number of carbonyl (C=O) groups is 1. The number of carbonyl (C=O) groups excluding carboxylic acids is 1. The van der Waals surface area contributed by atoms with Gasteiger partial charge in [-0.2, -0.15) is 0 Å². The van der Waals surface area contributed by atoms with E-state index < -0.39 is 0 Å². The van der Waals surface area contributed by atoms with E-state index >= 15 is 0 Å². The number of fused-ring (bicyclic) bond motifs is 1. The molecule has 158 valence electrons. The predicted octanol–water partition coefficient (Wildman–Crippen LogP) is 2.10. The molecule has 0 aliphatic carbocycles. The lowest BCUT2D eigenvalue weighted by molar-refractivity contribution is 0.0723. The van der Waals surface area contributed by atoms with E-state index in [1.165, 1.54) is 0 Å². The van der Waals surface area contributed by atoms with Gasteiger partial charge < -0.3 is 9.88 Å². The summed E-state index contributed by atoms with van der Waals surface area (Å²) < 4.78 is 0. The monoisotopic (exact) mass is 416 g/mol. The van der Waals surface area contributed by atoms with E-state index in [-0.39, 0.29) is 17.5 Å². The first-order chi connectivity index (χ1) is 15.2. The number of nitrogens with one attached hydrogen (secondary N) is 1. The molecule has 8 nitrogen and oxygen atoms in total. The van der Waals surface area contributed by atoms with Crippen molar-refractivity contribution in [3.8, 4) is 0 Å². The van der Waals surface area contributed by atoms with Gasteiger partial charge in [-0.05, 0) is 36.6 Å². The minimum absolute atomic E-state index is 0.104. The molecule has 1 amide bonds. The Morgan fingerprint density at radius 1 is 1.16 bits per heavy atom. The van der Waals surface area contributed by atoms with Crippen molar-refractivity contribution >= 4 is 5.91 Å². The number of nitrogens with zero attached hydrogens (tertiary/aromatic N) is 5. The van der Waals surface area contributed by atoms with E-state index in [4.69, 9.17) is 4.98 Å². The summed E-state index contributed by atoms with van der Waals surface area (Å²) in [6, 6.07) is 9.06. The van der Waals surface area contributed by atoms with Crippen LogP contribution < -0.4 is 5.56 Å². The van der Waals surface area contributed by atoms with Crippen LogP contribution in [0.15, 0.2) is 53.7 Å². The number of pyridine rings is 2. The predicted molar refractivity (Wildman–Crippen MR) is 114 cm³/mol. The first-order valence-corrected chi connectivity index (χ1v) is 10.6. The Hall–Kier alpha value is -3.39. The molecule has 3 aromatic rings. The van der Waals surface area contributed by atoms with Crippen molar-refractivity contribution in [2.45, 2.75) is 38.4 Å². The van der Waals surface area contributed by atoms with Crippen molar-refractivity contribution in [3.05, 3.63) is 87.6 Å². The summed E-state index contributed by atoms with van der Waals surface area (Å²) in [5.41, 5.74) is 3.01. The minimum atomic E-state index is -0.221. The largest absolute Gasteiger partial charge is 0.327 e. The molecule has 0 saturated carbocycles. The SMILES string of the molecule is O=C(c1ccccn1)N1CCCC1c1nc2c(c(=O)[nH]1)CN(Cc1cccnc1)CC2. The average molecular weight is 416 g/mol. The van der Waals surface area contributed by atoms with E-state index in [1.807, 2.05) is 24.4 Å². The molecule has 0 radical (unpaired) electrons. The van der Waals surface area contributed by atoms with Crippen LogP contribution in [-0.4, -0.2) is 48.7 Å². The lowest BCUT2D eigenvalue weighted by Gasteiger charge is -2.29. The molecule has 2 aliphatic rings. The first-order valence-electron chi connectivity index (χ1n) is 10.6. The van der Waals surface area contributed by atoms with E-state index in [1.54, 1.807) is 29.4 Å². The molecule has 2 aliphatic heterocycles. The highest BCUT2D eigenvalue weighted by Crippen LogP contribution is 2.31. The Morgan fingerprint density at radius 3 is 2.90 bits per heavy atom. The van der Waals surface area contributed by atoms with Gasteiger partial charge in [0, 0.05) is 51.2 Å². The number of aromatic amines is 1. The van der Waals surface area contributed by atoms with Crippen LogP contribution in [0, 0.1) is 0 Å². The molecule has 0 aromatic carbocycles. The van der Waals surface area contributed by atoms with Gasteiger partial charge in [-0.15, -0.1) is 0 Å². The number of hydrogen-bond acceptors (Lipinski definition) is 6. The Morgan fingerprint density at radius 2 is 2.10 bits per heavy atom. The second-order valence-electron chi connectivity index (χ2n) is 8.07. The molecule has 1 atom stereocenters. The third-order valence-corrected chi connectivity index (χ3v) is 6.01. The number of amides is 1. The zero-order valence-corrected chi connectivity index (χ0v) is 17.2. The molecule has 1 N–H and O–H groups in total. The maximum absolute atomic E-state index is 13.0. The minimum Gasteiger partial charge on any atom is -0.327 e. The third kappa shape index (κ3) is 3.98. The molecule has 3 aromatic heterocycles. The van der Waals surface area contributed by atoms with E-state index in [0.717, 1.165) is 42.8 Å². The van der Waals surface area contributed by atoms with Gasteiger partial charge in [0.25, 0.3) is 11.5 Å². The number of hydrogen-bond donors (Lipinski definition) is 1. The second kappa shape index (κ2) is 8.39. The summed E-state index contributed by atoms with van der Waals surface area (Å²) in [4.78, 5) is 46.1. The molecular weight excluding hydrogens is 392 g/mol. The number of rotatable bonds is 4. The second-order valence-corrected chi connectivity index (χ2v) is 8.07. The summed E-state index contributed by atoms with van der Waals surface area (Å²) >= 11 is 0. The highest BCUT2D eigenvalue weighted by molar-refractivity contribution is 5.92. The van der Waals surface area contributed by atoms with Crippen LogP contribution in [0.1, 0.15) is 52.0 Å². The van der Waals surface area contributed by atoms with E-state index in [2.05, 4.69) is 19.9 Å². The highest BCUT2D eigenvalue weighted by Gasteiger charge is 2.34. The number of likely N-dealkylation sites (tertiary alicyclic amines) is 1. The van der Waals surface area contributed by atoms with Gasteiger partial charge in [0.1, 0.15) is 11.5 Å². The van der Waals surface area contributed by atoms with E-state index in [9.17, 15) is 9.59 Å². The molecule has 5 rings (SSSR count). The van der Waals surface area contributed by atoms with Gasteiger partial charge in [-0.25, -0.2) is 4.98 Å². The number of aromatic nitrogens is 4. The molecule has 5 heterocycles. The lowest BCUT2D eigenvalue weighted by Crippen LogP contribution is -2.38. The highest BCUT2D eigenvalue weighted by atomic mass is 16.2. The van der Waals surface area contributed by atoms with Crippen LogP contribution in [0.2, 0.25) is 0 Å². The van der Waals surface area contributed by atoms with E-state index in [0.29, 0.717) is 31.0 Å². The first kappa shape index (κ1) is 19.6. The van der Waals surface area contributed by atoms with Crippen molar-refractivity contribution in [2.24, 2.45) is 0 Å². The van der Waals surface area contributed by atoms with Crippen LogP contribution >= 0.6 is 0 Å². The zero-order valence-electron chi connectivity index (χ0n) is 17.2. The van der Waals surface area contributed by atoms with Crippen LogP contribution in [0.5, 0.6) is 0 Å². The Balaban J connectivity index is 1.37. The molecule has 0 bridgehead atoms. The van der Waals surface area contributed by atoms with Crippen molar-refractivity contribution < 1.29 is 4.79 Å². The Kier molecular flexibility index (Phi) is 5.30. The Labute approximate surface area is 180 Å². The summed E-state index contributed by atoms with van der Waals surface area (Å²) in [6.07, 6.45) is 7.61. The fraction of sp³-hybridized carbons (Fsp3) is 0.348. The summed E-state index contributed by atoms with van der Waals surface area (Å²) in [5, 5.41) is 0. The van der Waals surface area contributed by atoms with Gasteiger partial charge in [0.05, 0.1) is 17.3 Å². The van der Waals surface area contributed by atoms with Crippen molar-refractivity contribution in [1.29, 1.82) is 0 Å². The van der Waals surface area contributed by atoms with Gasteiger partial charge >= 0.3 is 0 Å². The normalized spacial score (nSPS) is 18.7. The van der Waals surface area contributed by atoms with Crippen molar-refractivity contribution in [2.75, 3.05) is 13.1 Å². The smallest absolute Gasteiger partial charge is 0.273 e. The average Bonchev–Trinajstić information content (AvgIpc) is 3.30. The lowest BCUT2D eigenvalue weighted by atomic mass is 10.1. The zero-order chi connectivity index (χ0) is 21.2. The van der Waals surface area contributed by atoms with Crippen LogP contribution in [0.3, 0.4) is 0 Å². The third-order valence-electron chi connectivity index (χ3n) is 6.01. The maximum Gasteiger partial charge on any atom is 0.273 e. The van der Waals surface area contributed by atoms with Crippen molar-refractivity contribution in [1.82, 2.24) is 29.7 Å². The number of H-pyrrole nitrogens is 1.